The predicted octanol–water partition coefficient (Wildman–Crippen LogP) is 2.89. The van der Waals surface area contributed by atoms with Gasteiger partial charge < -0.3 is 19.1 Å². The average molecular weight is 368 g/mol. The molecule has 0 spiro atoms. The number of anilines is 1. The molecule has 0 atom stereocenters. The predicted molar refractivity (Wildman–Crippen MR) is 106 cm³/mol. The van der Waals surface area contributed by atoms with Crippen LogP contribution in [0.2, 0.25) is 0 Å². The molecule has 6 heteroatoms. The van der Waals surface area contributed by atoms with E-state index in [9.17, 15) is 4.79 Å². The Morgan fingerprint density at radius 1 is 1.04 bits per heavy atom. The molecule has 1 saturated heterocycles. The summed E-state index contributed by atoms with van der Waals surface area (Å²) in [5.74, 6) is 1.74. The van der Waals surface area contributed by atoms with Gasteiger partial charge in [0, 0.05) is 44.5 Å². The highest BCUT2D eigenvalue weighted by Gasteiger charge is 2.26. The molecule has 0 saturated carbocycles. The lowest BCUT2D eigenvalue weighted by molar-refractivity contribution is 0.0697. The third-order valence-electron chi connectivity index (χ3n) is 5.44. The van der Waals surface area contributed by atoms with Crippen LogP contribution in [0.25, 0.3) is 11.3 Å². The van der Waals surface area contributed by atoms with Gasteiger partial charge in [0.2, 0.25) is 0 Å². The molecular weight excluding hydrogens is 340 g/mol. The van der Waals surface area contributed by atoms with Gasteiger partial charge in [0.05, 0.1) is 18.9 Å². The van der Waals surface area contributed by atoms with Gasteiger partial charge in [-0.15, -0.1) is 0 Å². The molecule has 1 amide bonds. The molecule has 0 unspecified atom stereocenters. The summed E-state index contributed by atoms with van der Waals surface area (Å²) in [6, 6.07) is 8.18. The van der Waals surface area contributed by atoms with E-state index in [1.165, 1.54) is 0 Å². The molecule has 4 heterocycles. The van der Waals surface area contributed by atoms with Crippen molar-refractivity contribution in [3.05, 3.63) is 36.2 Å². The van der Waals surface area contributed by atoms with Gasteiger partial charge in [-0.2, -0.15) is 0 Å². The number of amides is 1. The first-order valence-corrected chi connectivity index (χ1v) is 9.91. The maximum atomic E-state index is 12.8. The van der Waals surface area contributed by atoms with Gasteiger partial charge in [-0.1, -0.05) is 13.8 Å². The van der Waals surface area contributed by atoms with E-state index in [4.69, 9.17) is 4.74 Å². The van der Waals surface area contributed by atoms with Crippen molar-refractivity contribution >= 4 is 11.7 Å². The molecule has 27 heavy (non-hydrogen) atoms. The second kappa shape index (κ2) is 7.72. The quantitative estimate of drug-likeness (QED) is 0.814. The second-order valence-electron chi connectivity index (χ2n) is 7.73. The van der Waals surface area contributed by atoms with Crippen LogP contribution in [0, 0.1) is 5.92 Å². The molecule has 6 nitrogen and oxygen atoms in total. The molecule has 0 bridgehead atoms. The van der Waals surface area contributed by atoms with E-state index in [0.717, 1.165) is 75.1 Å². The van der Waals surface area contributed by atoms with Crippen LogP contribution in [0.5, 0.6) is 0 Å². The fourth-order valence-corrected chi connectivity index (χ4v) is 3.78. The van der Waals surface area contributed by atoms with E-state index >= 15 is 0 Å². The summed E-state index contributed by atoms with van der Waals surface area (Å²) in [6.45, 7) is 10.1. The number of fused-ring (bicyclic) bond motifs is 1. The standard InChI is InChI=1S/C21H28N4O2/c1-16(2)7-8-24-9-10-25-18(4-5-19(25)21(24)26)17-3-6-20(22-15-17)23-11-13-27-14-12-23/h3-6,15-16H,7-14H2,1-2H3. The zero-order valence-electron chi connectivity index (χ0n) is 16.2. The molecule has 4 rings (SSSR count). The molecule has 2 aliphatic rings. The number of aromatic nitrogens is 2. The second-order valence-corrected chi connectivity index (χ2v) is 7.73. The highest BCUT2D eigenvalue weighted by molar-refractivity contribution is 5.94. The van der Waals surface area contributed by atoms with Gasteiger partial charge in [-0.3, -0.25) is 4.79 Å². The van der Waals surface area contributed by atoms with Gasteiger partial charge in [-0.05, 0) is 36.6 Å². The van der Waals surface area contributed by atoms with E-state index in [1.807, 2.05) is 23.2 Å². The molecule has 0 aliphatic carbocycles. The maximum absolute atomic E-state index is 12.8. The van der Waals surface area contributed by atoms with Gasteiger partial charge in [0.1, 0.15) is 11.5 Å². The molecule has 0 radical (unpaired) electrons. The van der Waals surface area contributed by atoms with Crippen molar-refractivity contribution in [2.24, 2.45) is 5.92 Å². The van der Waals surface area contributed by atoms with Crippen molar-refractivity contribution in [1.29, 1.82) is 0 Å². The first kappa shape index (κ1) is 18.0. The van der Waals surface area contributed by atoms with Crippen LogP contribution in [0.4, 0.5) is 5.82 Å². The van der Waals surface area contributed by atoms with Gasteiger partial charge >= 0.3 is 0 Å². The number of hydrogen-bond donors (Lipinski definition) is 0. The Bertz CT molecular complexity index is 791. The third kappa shape index (κ3) is 3.72. The largest absolute Gasteiger partial charge is 0.378 e. The molecular formula is C21H28N4O2. The lowest BCUT2D eigenvalue weighted by Gasteiger charge is -2.30. The molecule has 0 aromatic carbocycles. The van der Waals surface area contributed by atoms with Gasteiger partial charge in [0.15, 0.2) is 0 Å². The monoisotopic (exact) mass is 368 g/mol. The number of rotatable bonds is 5. The Hall–Kier alpha value is -2.34. The highest BCUT2D eigenvalue weighted by atomic mass is 16.5. The Morgan fingerprint density at radius 3 is 2.52 bits per heavy atom. The fourth-order valence-electron chi connectivity index (χ4n) is 3.78. The smallest absolute Gasteiger partial charge is 0.270 e. The first-order chi connectivity index (χ1) is 13.1. The Labute approximate surface area is 160 Å². The summed E-state index contributed by atoms with van der Waals surface area (Å²) in [5.41, 5.74) is 2.92. The van der Waals surface area contributed by atoms with Crippen LogP contribution in [0.3, 0.4) is 0 Å². The van der Waals surface area contributed by atoms with Crippen molar-refractivity contribution in [1.82, 2.24) is 14.5 Å². The number of carbonyl (C=O) groups is 1. The lowest BCUT2D eigenvalue weighted by Crippen LogP contribution is -2.41. The summed E-state index contributed by atoms with van der Waals surface area (Å²) < 4.78 is 7.54. The van der Waals surface area contributed by atoms with Crippen molar-refractivity contribution in [2.45, 2.75) is 26.8 Å². The van der Waals surface area contributed by atoms with E-state index in [1.54, 1.807) is 0 Å². The number of hydrogen-bond acceptors (Lipinski definition) is 4. The van der Waals surface area contributed by atoms with E-state index in [0.29, 0.717) is 5.92 Å². The minimum absolute atomic E-state index is 0.144. The summed E-state index contributed by atoms with van der Waals surface area (Å²) in [7, 11) is 0. The minimum atomic E-state index is 0.144. The lowest BCUT2D eigenvalue weighted by atomic mass is 10.1. The van der Waals surface area contributed by atoms with Crippen molar-refractivity contribution in [3.63, 3.8) is 0 Å². The van der Waals surface area contributed by atoms with Crippen molar-refractivity contribution in [2.75, 3.05) is 44.3 Å². The number of ether oxygens (including phenoxy) is 1. The number of carbonyl (C=O) groups excluding carboxylic acids is 1. The fraction of sp³-hybridized carbons (Fsp3) is 0.524. The molecule has 144 valence electrons. The molecule has 2 aliphatic heterocycles. The Morgan fingerprint density at radius 2 is 1.81 bits per heavy atom. The number of morpholine rings is 1. The van der Waals surface area contributed by atoms with E-state index in [-0.39, 0.29) is 5.91 Å². The third-order valence-corrected chi connectivity index (χ3v) is 5.44. The Kier molecular flexibility index (Phi) is 5.16. The van der Waals surface area contributed by atoms with Crippen LogP contribution in [-0.4, -0.2) is 59.8 Å². The van der Waals surface area contributed by atoms with Gasteiger partial charge in [-0.25, -0.2) is 4.98 Å². The summed E-state index contributed by atoms with van der Waals surface area (Å²) in [4.78, 5) is 21.7. The average Bonchev–Trinajstić information content (AvgIpc) is 3.13. The zero-order valence-corrected chi connectivity index (χ0v) is 16.2. The van der Waals surface area contributed by atoms with E-state index in [2.05, 4.69) is 40.4 Å². The van der Waals surface area contributed by atoms with Crippen LogP contribution in [0.15, 0.2) is 30.5 Å². The minimum Gasteiger partial charge on any atom is -0.378 e. The van der Waals surface area contributed by atoms with Crippen LogP contribution < -0.4 is 4.90 Å². The molecule has 2 aromatic rings. The van der Waals surface area contributed by atoms with Crippen molar-refractivity contribution in [3.8, 4) is 11.3 Å². The zero-order chi connectivity index (χ0) is 18.8. The summed E-state index contributed by atoms with van der Waals surface area (Å²) in [5, 5.41) is 0. The molecule has 1 fully saturated rings. The maximum Gasteiger partial charge on any atom is 0.270 e. The van der Waals surface area contributed by atoms with Crippen molar-refractivity contribution < 1.29 is 9.53 Å². The molecule has 0 N–H and O–H groups in total. The SMILES string of the molecule is CC(C)CCN1CCn2c(ccc2-c2ccc(N3CCOCC3)nc2)C1=O. The molecule has 2 aromatic heterocycles. The van der Waals surface area contributed by atoms with Gasteiger partial charge in [0.25, 0.3) is 5.91 Å². The highest BCUT2D eigenvalue weighted by Crippen LogP contribution is 2.27. The first-order valence-electron chi connectivity index (χ1n) is 9.91. The number of pyridine rings is 1. The van der Waals surface area contributed by atoms with Crippen LogP contribution in [0.1, 0.15) is 30.8 Å². The van der Waals surface area contributed by atoms with Crippen LogP contribution >= 0.6 is 0 Å². The van der Waals surface area contributed by atoms with Crippen LogP contribution in [-0.2, 0) is 11.3 Å². The normalized spacial score (nSPS) is 17.5. The Balaban J connectivity index is 1.51. The number of nitrogens with zero attached hydrogens (tertiary/aromatic N) is 4. The summed E-state index contributed by atoms with van der Waals surface area (Å²) >= 11 is 0. The topological polar surface area (TPSA) is 50.6 Å². The van der Waals surface area contributed by atoms with E-state index < -0.39 is 0 Å². The summed E-state index contributed by atoms with van der Waals surface area (Å²) in [6.07, 6.45) is 2.97.